The van der Waals surface area contributed by atoms with Crippen LogP contribution in [0.5, 0.6) is 0 Å². The molecule has 1 rings (SSSR count). The van der Waals surface area contributed by atoms with E-state index in [0.717, 1.165) is 15.7 Å². The number of rotatable bonds is 5. The van der Waals surface area contributed by atoms with Crippen LogP contribution >= 0.6 is 28.1 Å². The van der Waals surface area contributed by atoms with Gasteiger partial charge in [0, 0.05) is 29.3 Å². The topological polar surface area (TPSA) is 55.6 Å². The number of hydrogen-bond acceptors (Lipinski definition) is 4. The van der Waals surface area contributed by atoms with Crippen LogP contribution in [-0.4, -0.2) is 31.7 Å². The van der Waals surface area contributed by atoms with E-state index in [1.54, 1.807) is 0 Å². The maximum atomic E-state index is 11.5. The summed E-state index contributed by atoms with van der Waals surface area (Å²) in [6.45, 7) is 2.35. The average molecular weight is 345 g/mol. The van der Waals surface area contributed by atoms with Crippen molar-refractivity contribution in [2.75, 3.05) is 25.6 Å². The van der Waals surface area contributed by atoms with E-state index in [-0.39, 0.29) is 11.9 Å². The van der Waals surface area contributed by atoms with E-state index in [1.807, 2.05) is 37.1 Å². The van der Waals surface area contributed by atoms with Crippen molar-refractivity contribution >= 4 is 44.8 Å². The van der Waals surface area contributed by atoms with Crippen LogP contribution in [-0.2, 0) is 9.53 Å². The molecule has 2 N–H and O–H groups in total. The van der Waals surface area contributed by atoms with Gasteiger partial charge in [0.15, 0.2) is 0 Å². The number of anilines is 1. The molecule has 0 saturated carbocycles. The van der Waals surface area contributed by atoms with E-state index in [4.69, 9.17) is 22.7 Å². The quantitative estimate of drug-likeness (QED) is 0.656. The number of carbonyl (C=O) groups excluding carboxylic acids is 1. The molecule has 1 aromatic rings. The highest BCUT2D eigenvalue weighted by Crippen LogP contribution is 2.27. The van der Waals surface area contributed by atoms with Crippen LogP contribution in [0.15, 0.2) is 22.7 Å². The highest BCUT2D eigenvalue weighted by molar-refractivity contribution is 9.10. The third-order valence-electron chi connectivity index (χ3n) is 2.80. The summed E-state index contributed by atoms with van der Waals surface area (Å²) in [5, 5.41) is 0. The highest BCUT2D eigenvalue weighted by atomic mass is 79.9. The Kier molecular flexibility index (Phi) is 5.75. The second kappa shape index (κ2) is 6.86. The maximum absolute atomic E-state index is 11.5. The zero-order valence-electron chi connectivity index (χ0n) is 11.1. The van der Waals surface area contributed by atoms with Crippen molar-refractivity contribution in [2.24, 2.45) is 11.7 Å². The third kappa shape index (κ3) is 3.91. The van der Waals surface area contributed by atoms with Gasteiger partial charge in [-0.15, -0.1) is 0 Å². The number of nitrogens with two attached hydrogens (primary N) is 1. The maximum Gasteiger partial charge on any atom is 0.310 e. The van der Waals surface area contributed by atoms with Crippen LogP contribution in [0.3, 0.4) is 0 Å². The van der Waals surface area contributed by atoms with Crippen LogP contribution in [0.25, 0.3) is 0 Å². The minimum atomic E-state index is -0.237. The van der Waals surface area contributed by atoms with Gasteiger partial charge in [-0.05, 0) is 28.1 Å². The van der Waals surface area contributed by atoms with Crippen LogP contribution in [0.1, 0.15) is 12.5 Å². The monoisotopic (exact) mass is 344 g/mol. The van der Waals surface area contributed by atoms with Gasteiger partial charge in [-0.2, -0.15) is 0 Å². The molecule has 1 atom stereocenters. The molecule has 1 unspecified atom stereocenters. The summed E-state index contributed by atoms with van der Waals surface area (Å²) in [6, 6.07) is 5.71. The molecule has 0 saturated heterocycles. The summed E-state index contributed by atoms with van der Waals surface area (Å²) in [6.07, 6.45) is 0. The second-order valence-electron chi connectivity index (χ2n) is 4.30. The van der Waals surface area contributed by atoms with Crippen molar-refractivity contribution in [3.63, 3.8) is 0 Å². The van der Waals surface area contributed by atoms with Crippen molar-refractivity contribution in [1.29, 1.82) is 0 Å². The van der Waals surface area contributed by atoms with Gasteiger partial charge in [0.1, 0.15) is 4.99 Å². The van der Waals surface area contributed by atoms with E-state index in [2.05, 4.69) is 15.9 Å². The number of methoxy groups -OCH3 is 1. The molecule has 6 heteroatoms. The molecule has 0 aliphatic carbocycles. The van der Waals surface area contributed by atoms with Crippen molar-refractivity contribution < 1.29 is 9.53 Å². The summed E-state index contributed by atoms with van der Waals surface area (Å²) in [5.74, 6) is -0.466. The van der Waals surface area contributed by atoms with E-state index >= 15 is 0 Å². The van der Waals surface area contributed by atoms with E-state index in [0.29, 0.717) is 11.5 Å². The number of thiocarbonyl (C=S) groups is 1. The lowest BCUT2D eigenvalue weighted by atomic mass is 10.1. The average Bonchev–Trinajstić information content (AvgIpc) is 2.36. The van der Waals surface area contributed by atoms with E-state index < -0.39 is 0 Å². The Morgan fingerprint density at radius 3 is 2.74 bits per heavy atom. The Morgan fingerprint density at radius 1 is 1.58 bits per heavy atom. The van der Waals surface area contributed by atoms with Gasteiger partial charge >= 0.3 is 5.97 Å². The van der Waals surface area contributed by atoms with Crippen LogP contribution in [0.2, 0.25) is 0 Å². The van der Waals surface area contributed by atoms with Crippen molar-refractivity contribution in [1.82, 2.24) is 0 Å². The first-order valence-corrected chi connectivity index (χ1v) is 6.95. The summed E-state index contributed by atoms with van der Waals surface area (Å²) in [4.78, 5) is 13.7. The van der Waals surface area contributed by atoms with Crippen LogP contribution in [0.4, 0.5) is 5.69 Å². The lowest BCUT2D eigenvalue weighted by molar-refractivity contribution is -0.144. The fraction of sp³-hybridized carbons (Fsp3) is 0.385. The smallest absolute Gasteiger partial charge is 0.310 e. The predicted molar refractivity (Wildman–Crippen MR) is 84.5 cm³/mol. The van der Waals surface area contributed by atoms with Crippen LogP contribution < -0.4 is 10.6 Å². The highest BCUT2D eigenvalue weighted by Gasteiger charge is 2.19. The molecule has 0 amide bonds. The largest absolute Gasteiger partial charge is 0.469 e. The molecular weight excluding hydrogens is 328 g/mol. The zero-order valence-corrected chi connectivity index (χ0v) is 13.5. The SMILES string of the molecule is COC(=O)C(C)CN(C)c1cccc(Br)c1C(N)=S. The van der Waals surface area contributed by atoms with Gasteiger partial charge in [-0.1, -0.05) is 25.2 Å². The molecule has 0 heterocycles. The first-order chi connectivity index (χ1) is 8.88. The lowest BCUT2D eigenvalue weighted by Gasteiger charge is -2.25. The summed E-state index contributed by atoms with van der Waals surface area (Å²) < 4.78 is 5.57. The number of carbonyl (C=O) groups is 1. The van der Waals surface area contributed by atoms with Crippen molar-refractivity contribution in [3.05, 3.63) is 28.2 Å². The fourth-order valence-corrected chi connectivity index (χ4v) is 2.77. The molecule has 0 aromatic heterocycles. The number of esters is 1. The Bertz CT molecular complexity index is 494. The molecule has 4 nitrogen and oxygen atoms in total. The van der Waals surface area contributed by atoms with Gasteiger partial charge in [0.2, 0.25) is 0 Å². The third-order valence-corrected chi connectivity index (χ3v) is 3.67. The first-order valence-electron chi connectivity index (χ1n) is 5.75. The van der Waals surface area contributed by atoms with Crippen molar-refractivity contribution in [2.45, 2.75) is 6.92 Å². The molecule has 0 spiro atoms. The number of benzene rings is 1. The van der Waals surface area contributed by atoms with Gasteiger partial charge in [-0.25, -0.2) is 0 Å². The predicted octanol–water partition coefficient (Wildman–Crippen LogP) is 2.33. The van der Waals surface area contributed by atoms with Gasteiger partial charge in [0.25, 0.3) is 0 Å². The molecular formula is C13H17BrN2O2S. The van der Waals surface area contributed by atoms with Crippen LogP contribution in [0, 0.1) is 5.92 Å². The standard InChI is InChI=1S/C13H17BrN2O2S/c1-8(13(17)18-3)7-16(2)10-6-4-5-9(14)11(10)12(15)19/h4-6,8H,7H2,1-3H3,(H2,15,19). The molecule has 0 bridgehead atoms. The molecule has 0 aliphatic heterocycles. The number of hydrogen-bond donors (Lipinski definition) is 1. The lowest BCUT2D eigenvalue weighted by Crippen LogP contribution is -2.30. The van der Waals surface area contributed by atoms with Gasteiger partial charge in [-0.3, -0.25) is 4.79 Å². The van der Waals surface area contributed by atoms with Crippen molar-refractivity contribution in [3.8, 4) is 0 Å². The molecule has 19 heavy (non-hydrogen) atoms. The Balaban J connectivity index is 3.00. The molecule has 0 aliphatic rings. The number of halogens is 1. The van der Waals surface area contributed by atoms with E-state index in [1.165, 1.54) is 7.11 Å². The molecule has 1 aromatic carbocycles. The number of ether oxygens (including phenoxy) is 1. The number of nitrogens with zero attached hydrogens (tertiary/aromatic N) is 1. The summed E-state index contributed by atoms with van der Waals surface area (Å²) in [7, 11) is 3.28. The molecule has 0 radical (unpaired) electrons. The molecule has 104 valence electrons. The first kappa shape index (κ1) is 15.9. The zero-order chi connectivity index (χ0) is 14.6. The Morgan fingerprint density at radius 2 is 2.21 bits per heavy atom. The fourth-order valence-electron chi connectivity index (χ4n) is 1.86. The molecule has 0 fully saturated rings. The van der Waals surface area contributed by atoms with E-state index in [9.17, 15) is 4.79 Å². The van der Waals surface area contributed by atoms with Gasteiger partial charge < -0.3 is 15.4 Å². The minimum Gasteiger partial charge on any atom is -0.469 e. The minimum absolute atomic E-state index is 0.229. The Labute approximate surface area is 127 Å². The normalized spacial score (nSPS) is 11.8. The van der Waals surface area contributed by atoms with Gasteiger partial charge in [0.05, 0.1) is 13.0 Å². The summed E-state index contributed by atoms with van der Waals surface area (Å²) in [5.41, 5.74) is 7.41. The summed E-state index contributed by atoms with van der Waals surface area (Å²) >= 11 is 8.51. The second-order valence-corrected chi connectivity index (χ2v) is 5.60. The Hall–Kier alpha value is -1.14.